The molecule has 2 heterocycles. The normalized spacial score (nSPS) is 19.3. The van der Waals surface area contributed by atoms with Gasteiger partial charge in [0.05, 0.1) is 7.11 Å². The number of nitrogens with one attached hydrogen (secondary N) is 2. The summed E-state index contributed by atoms with van der Waals surface area (Å²) in [5.41, 5.74) is 5.39. The van der Waals surface area contributed by atoms with Gasteiger partial charge < -0.3 is 15.4 Å². The Balaban J connectivity index is 1.55. The molecule has 1 aromatic heterocycles. The Morgan fingerprint density at radius 3 is 2.54 bits per heavy atom. The highest BCUT2D eigenvalue weighted by molar-refractivity contribution is 6.31. The lowest BCUT2D eigenvalue weighted by atomic mass is 9.71. The second-order valence-corrected chi connectivity index (χ2v) is 9.89. The van der Waals surface area contributed by atoms with Gasteiger partial charge in [0.1, 0.15) is 11.6 Å². The van der Waals surface area contributed by atoms with E-state index in [9.17, 15) is 9.59 Å². The second kappa shape index (κ2) is 10.2. The predicted octanol–water partition coefficient (Wildman–Crippen LogP) is 6.05. The van der Waals surface area contributed by atoms with Crippen molar-refractivity contribution in [2.24, 2.45) is 0 Å². The summed E-state index contributed by atoms with van der Waals surface area (Å²) in [7, 11) is 1.63. The summed E-state index contributed by atoms with van der Waals surface area (Å²) in [5, 5.41) is 6.84. The van der Waals surface area contributed by atoms with Crippen molar-refractivity contribution in [2.75, 3.05) is 12.4 Å². The topological polar surface area (TPSA) is 80.3 Å². The van der Waals surface area contributed by atoms with Crippen LogP contribution in [0.15, 0.2) is 89.4 Å². The van der Waals surface area contributed by atoms with Gasteiger partial charge in [0.25, 0.3) is 5.91 Å². The van der Waals surface area contributed by atoms with Gasteiger partial charge in [-0.1, -0.05) is 41.9 Å². The zero-order valence-electron chi connectivity index (χ0n) is 21.0. The molecule has 7 heteroatoms. The number of ether oxygens (including phenoxy) is 1. The maximum absolute atomic E-state index is 13.8. The molecular formula is C30H28ClN3O3. The van der Waals surface area contributed by atoms with Crippen molar-refractivity contribution < 1.29 is 14.3 Å². The molecular weight excluding hydrogens is 486 g/mol. The molecule has 188 valence electrons. The predicted molar refractivity (Wildman–Crippen MR) is 145 cm³/mol. The highest BCUT2D eigenvalue weighted by atomic mass is 35.5. The van der Waals surface area contributed by atoms with E-state index in [0.29, 0.717) is 40.5 Å². The Kier molecular flexibility index (Phi) is 6.85. The summed E-state index contributed by atoms with van der Waals surface area (Å²) in [6.45, 7) is 3.81. The zero-order valence-corrected chi connectivity index (χ0v) is 21.7. The van der Waals surface area contributed by atoms with Crippen LogP contribution in [-0.2, 0) is 9.59 Å². The first-order chi connectivity index (χ1) is 17.9. The Morgan fingerprint density at radius 1 is 1.08 bits per heavy atom. The van der Waals surface area contributed by atoms with Crippen molar-refractivity contribution in [2.45, 2.75) is 38.5 Å². The molecule has 1 amide bonds. The molecule has 5 rings (SSSR count). The number of aromatic nitrogens is 1. The van der Waals surface area contributed by atoms with E-state index < -0.39 is 5.92 Å². The first-order valence-corrected chi connectivity index (χ1v) is 12.6. The number of dihydropyridines is 1. The van der Waals surface area contributed by atoms with Gasteiger partial charge in [-0.3, -0.25) is 9.59 Å². The summed E-state index contributed by atoms with van der Waals surface area (Å²) in [5.74, 6) is 0.362. The Labute approximate surface area is 221 Å². The van der Waals surface area contributed by atoms with Crippen molar-refractivity contribution in [1.29, 1.82) is 0 Å². The van der Waals surface area contributed by atoms with Gasteiger partial charge in [0.2, 0.25) is 0 Å². The van der Waals surface area contributed by atoms with Crippen molar-refractivity contribution in [3.63, 3.8) is 0 Å². The van der Waals surface area contributed by atoms with Gasteiger partial charge in [0, 0.05) is 46.1 Å². The highest BCUT2D eigenvalue weighted by Gasteiger charge is 2.41. The third-order valence-corrected chi connectivity index (χ3v) is 7.38. The third-order valence-electron chi connectivity index (χ3n) is 7.03. The van der Waals surface area contributed by atoms with E-state index in [1.165, 1.54) is 0 Å². The van der Waals surface area contributed by atoms with Crippen LogP contribution < -0.4 is 15.4 Å². The second-order valence-electron chi connectivity index (χ2n) is 9.48. The van der Waals surface area contributed by atoms with Crippen molar-refractivity contribution in [3.8, 4) is 5.75 Å². The average molecular weight is 514 g/mol. The molecule has 0 bridgehead atoms. The number of ketones is 1. The van der Waals surface area contributed by atoms with Gasteiger partial charge in [-0.15, -0.1) is 0 Å². The van der Waals surface area contributed by atoms with Crippen molar-refractivity contribution in [1.82, 2.24) is 10.3 Å². The molecule has 6 nitrogen and oxygen atoms in total. The lowest BCUT2D eigenvalue weighted by Gasteiger charge is -2.37. The quantitative estimate of drug-likeness (QED) is 0.434. The fourth-order valence-corrected chi connectivity index (χ4v) is 5.51. The number of allylic oxidation sites excluding steroid dienone is 3. The maximum Gasteiger partial charge on any atom is 0.255 e. The third kappa shape index (κ3) is 4.89. The molecule has 0 spiro atoms. The highest BCUT2D eigenvalue weighted by Crippen LogP contribution is 2.47. The minimum atomic E-state index is -0.584. The molecule has 1 aliphatic heterocycles. The Bertz CT molecular complexity index is 1440. The summed E-state index contributed by atoms with van der Waals surface area (Å²) < 4.78 is 5.29. The summed E-state index contributed by atoms with van der Waals surface area (Å²) >= 11 is 6.66. The van der Waals surface area contributed by atoms with Gasteiger partial charge in [0.15, 0.2) is 5.78 Å². The molecule has 0 saturated heterocycles. The number of halogens is 1. The minimum absolute atomic E-state index is 0.00553. The molecule has 1 aliphatic carbocycles. The van der Waals surface area contributed by atoms with Crippen molar-refractivity contribution >= 4 is 29.1 Å². The number of rotatable bonds is 5. The number of carbonyl (C=O) groups excluding carboxylic acids is 2. The first-order valence-electron chi connectivity index (χ1n) is 12.2. The van der Waals surface area contributed by atoms with E-state index in [0.717, 1.165) is 28.1 Å². The number of aryl methyl sites for hydroxylation is 1. The standard InChI is InChI=1S/C30H28ClN3O3/c1-17-12-13-32-26(14-17)34-30(36)27-18(2)33-24-15-20(19-8-10-21(37-3)11-9-19)16-25(35)29(24)28(27)22-6-4-5-7-23(22)31/h4-14,20,28,33H,15-16H2,1-3H3,(H,32,34,36). The van der Waals surface area contributed by atoms with E-state index in [-0.39, 0.29) is 17.6 Å². The maximum atomic E-state index is 13.8. The number of anilines is 1. The van der Waals surface area contributed by atoms with E-state index in [4.69, 9.17) is 16.3 Å². The van der Waals surface area contributed by atoms with E-state index in [1.807, 2.05) is 68.4 Å². The molecule has 2 aliphatic rings. The van der Waals surface area contributed by atoms with Gasteiger partial charge >= 0.3 is 0 Å². The van der Waals surface area contributed by atoms with Crippen LogP contribution >= 0.6 is 11.6 Å². The largest absolute Gasteiger partial charge is 0.497 e. The summed E-state index contributed by atoms with van der Waals surface area (Å²) in [6, 6.07) is 18.9. The molecule has 0 radical (unpaired) electrons. The lowest BCUT2D eigenvalue weighted by molar-refractivity contribution is -0.116. The minimum Gasteiger partial charge on any atom is -0.497 e. The van der Waals surface area contributed by atoms with Crippen LogP contribution in [0, 0.1) is 6.92 Å². The fraction of sp³-hybridized carbons (Fsp3) is 0.233. The van der Waals surface area contributed by atoms with Crippen LogP contribution in [0.5, 0.6) is 5.75 Å². The molecule has 2 aromatic carbocycles. The molecule has 0 fully saturated rings. The van der Waals surface area contributed by atoms with Crippen LogP contribution in [0.3, 0.4) is 0 Å². The Morgan fingerprint density at radius 2 is 1.84 bits per heavy atom. The molecule has 2 atom stereocenters. The SMILES string of the molecule is COc1ccc(C2CC(=O)C3=C(C2)NC(C)=C(C(=O)Nc2cc(C)ccn2)C3c2ccccc2Cl)cc1. The number of carbonyl (C=O) groups is 2. The van der Waals surface area contributed by atoms with Crippen LogP contribution in [-0.4, -0.2) is 23.8 Å². The Hall–Kier alpha value is -3.90. The number of nitrogens with zero attached hydrogens (tertiary/aromatic N) is 1. The number of pyridine rings is 1. The van der Waals surface area contributed by atoms with Crippen LogP contribution in [0.1, 0.15) is 48.3 Å². The molecule has 3 aromatic rings. The fourth-order valence-electron chi connectivity index (χ4n) is 5.26. The lowest BCUT2D eigenvalue weighted by Crippen LogP contribution is -2.37. The van der Waals surface area contributed by atoms with Crippen LogP contribution in [0.25, 0.3) is 0 Å². The van der Waals surface area contributed by atoms with Gasteiger partial charge in [-0.2, -0.15) is 0 Å². The zero-order chi connectivity index (χ0) is 26.1. The van der Waals surface area contributed by atoms with E-state index in [1.54, 1.807) is 19.4 Å². The summed E-state index contributed by atoms with van der Waals surface area (Å²) in [4.78, 5) is 31.7. The number of benzene rings is 2. The van der Waals surface area contributed by atoms with Gasteiger partial charge in [-0.25, -0.2) is 4.98 Å². The molecule has 2 N–H and O–H groups in total. The van der Waals surface area contributed by atoms with E-state index >= 15 is 0 Å². The average Bonchev–Trinajstić information content (AvgIpc) is 2.88. The number of methoxy groups -OCH3 is 1. The molecule has 37 heavy (non-hydrogen) atoms. The van der Waals surface area contributed by atoms with E-state index in [2.05, 4.69) is 15.6 Å². The first kappa shape index (κ1) is 24.8. The molecule has 2 unspecified atom stereocenters. The van der Waals surface area contributed by atoms with Crippen LogP contribution in [0.2, 0.25) is 5.02 Å². The van der Waals surface area contributed by atoms with Crippen molar-refractivity contribution in [3.05, 3.63) is 111 Å². The number of hydrogen-bond acceptors (Lipinski definition) is 5. The number of amides is 1. The number of hydrogen-bond donors (Lipinski definition) is 2. The van der Waals surface area contributed by atoms with Gasteiger partial charge in [-0.05, 0) is 73.2 Å². The number of Topliss-reactive ketones (excluding diaryl/α,β-unsaturated/α-hetero) is 1. The smallest absolute Gasteiger partial charge is 0.255 e. The monoisotopic (exact) mass is 513 g/mol. The molecule has 0 saturated carbocycles. The summed E-state index contributed by atoms with van der Waals surface area (Å²) in [6.07, 6.45) is 2.66. The van der Waals surface area contributed by atoms with Crippen LogP contribution in [0.4, 0.5) is 5.82 Å².